The average molecular weight is 385 g/mol. The third-order valence-electron chi connectivity index (χ3n) is 4.49. The van der Waals surface area contributed by atoms with E-state index in [0.717, 1.165) is 11.1 Å². The number of hydrogen-bond acceptors (Lipinski definition) is 4. The highest BCUT2D eigenvalue weighted by atomic mass is 35.5. The molecule has 27 heavy (non-hydrogen) atoms. The van der Waals surface area contributed by atoms with E-state index < -0.39 is 0 Å². The number of ether oxygens (including phenoxy) is 1. The lowest BCUT2D eigenvalue weighted by Crippen LogP contribution is -2.30. The Bertz CT molecular complexity index is 952. The number of rotatable bonds is 6. The zero-order valence-electron chi connectivity index (χ0n) is 15.5. The number of hydrogen-bond donors (Lipinski definition) is 1. The van der Waals surface area contributed by atoms with E-state index in [-0.39, 0.29) is 12.0 Å². The first-order chi connectivity index (χ1) is 13.0. The van der Waals surface area contributed by atoms with Crippen LogP contribution in [-0.4, -0.2) is 24.7 Å². The number of nitrogens with one attached hydrogen (secondary N) is 1. The number of benzene rings is 2. The lowest BCUT2D eigenvalue weighted by Gasteiger charge is -2.18. The molecule has 0 aliphatic heterocycles. The number of methoxy groups -OCH3 is 1. The van der Waals surface area contributed by atoms with Crippen LogP contribution in [0.2, 0.25) is 5.02 Å². The van der Waals surface area contributed by atoms with Gasteiger partial charge in [0.2, 0.25) is 0 Å². The van der Waals surface area contributed by atoms with Crippen LogP contribution in [0, 0.1) is 13.8 Å². The Hall–Kier alpha value is -2.63. The maximum Gasteiger partial charge on any atom is 0.257 e. The molecule has 6 heteroatoms. The van der Waals surface area contributed by atoms with E-state index in [1.807, 2.05) is 49.4 Å². The van der Waals surface area contributed by atoms with E-state index >= 15 is 0 Å². The summed E-state index contributed by atoms with van der Waals surface area (Å²) in [6.45, 7) is 4.05. The van der Waals surface area contributed by atoms with Gasteiger partial charge in [0.15, 0.2) is 0 Å². The largest absolute Gasteiger partial charge is 0.375 e. The van der Waals surface area contributed by atoms with Crippen LogP contribution in [-0.2, 0) is 4.74 Å². The number of aryl methyl sites for hydroxylation is 2. The van der Waals surface area contributed by atoms with Crippen molar-refractivity contribution >= 4 is 17.5 Å². The summed E-state index contributed by atoms with van der Waals surface area (Å²) in [5.41, 5.74) is 3.61. The molecule has 1 heterocycles. The summed E-state index contributed by atoms with van der Waals surface area (Å²) >= 11 is 6.26. The molecule has 3 aromatic rings. The molecule has 1 unspecified atom stereocenters. The summed E-state index contributed by atoms with van der Waals surface area (Å²) in [6, 6.07) is 15.2. The quantitative estimate of drug-likeness (QED) is 0.667. The molecule has 0 fully saturated rings. The summed E-state index contributed by atoms with van der Waals surface area (Å²) in [7, 11) is 1.63. The lowest BCUT2D eigenvalue weighted by molar-refractivity contribution is 0.0825. The Labute approximate surface area is 163 Å². The molecule has 0 saturated carbocycles. The van der Waals surface area contributed by atoms with Crippen molar-refractivity contribution in [2.24, 2.45) is 0 Å². The first-order valence-electron chi connectivity index (χ1n) is 8.60. The molecule has 0 spiro atoms. The Morgan fingerprint density at radius 3 is 2.59 bits per heavy atom. The molecule has 1 N–H and O–H groups in total. The fourth-order valence-corrected chi connectivity index (χ4v) is 3.24. The first kappa shape index (κ1) is 19.1. The smallest absolute Gasteiger partial charge is 0.257 e. The van der Waals surface area contributed by atoms with Gasteiger partial charge >= 0.3 is 0 Å². The molecular weight excluding hydrogens is 364 g/mol. The van der Waals surface area contributed by atoms with E-state index in [2.05, 4.69) is 10.5 Å². The number of nitrogens with zero attached hydrogens (tertiary/aromatic N) is 1. The Kier molecular flexibility index (Phi) is 5.94. The van der Waals surface area contributed by atoms with Crippen molar-refractivity contribution in [3.63, 3.8) is 0 Å². The normalized spacial score (nSPS) is 12.0. The summed E-state index contributed by atoms with van der Waals surface area (Å²) in [5.74, 6) is 0.159. The van der Waals surface area contributed by atoms with E-state index in [4.69, 9.17) is 20.9 Å². The van der Waals surface area contributed by atoms with Crippen LogP contribution in [0.4, 0.5) is 0 Å². The van der Waals surface area contributed by atoms with Crippen LogP contribution < -0.4 is 5.32 Å². The SMILES string of the molecule is COC(CNC(=O)c1c(-c2ccccc2Cl)noc1C)c1ccccc1C. The highest BCUT2D eigenvalue weighted by molar-refractivity contribution is 6.33. The molecule has 140 valence electrons. The Morgan fingerprint density at radius 1 is 1.19 bits per heavy atom. The first-order valence-corrected chi connectivity index (χ1v) is 8.98. The maximum absolute atomic E-state index is 12.9. The second-order valence-corrected chi connectivity index (χ2v) is 6.64. The molecule has 3 rings (SSSR count). The molecule has 5 nitrogen and oxygen atoms in total. The van der Waals surface area contributed by atoms with Crippen molar-refractivity contribution in [1.29, 1.82) is 0 Å². The van der Waals surface area contributed by atoms with Crippen LogP contribution in [0.1, 0.15) is 33.3 Å². The zero-order valence-corrected chi connectivity index (χ0v) is 16.2. The topological polar surface area (TPSA) is 64.4 Å². The second-order valence-electron chi connectivity index (χ2n) is 6.23. The fraction of sp³-hybridized carbons (Fsp3) is 0.238. The van der Waals surface area contributed by atoms with Crippen molar-refractivity contribution in [2.45, 2.75) is 20.0 Å². The number of halogens is 1. The van der Waals surface area contributed by atoms with Gasteiger partial charge in [-0.25, -0.2) is 0 Å². The molecule has 1 atom stereocenters. The van der Waals surface area contributed by atoms with Gasteiger partial charge in [-0.1, -0.05) is 59.2 Å². The van der Waals surface area contributed by atoms with E-state index in [1.165, 1.54) is 0 Å². The number of carbonyl (C=O) groups excluding carboxylic acids is 1. The van der Waals surface area contributed by atoms with Crippen molar-refractivity contribution in [3.8, 4) is 11.3 Å². The molecule has 0 aliphatic carbocycles. The van der Waals surface area contributed by atoms with E-state index in [0.29, 0.717) is 34.1 Å². The van der Waals surface area contributed by atoms with Crippen LogP contribution in [0.5, 0.6) is 0 Å². The van der Waals surface area contributed by atoms with Crippen LogP contribution in [0.25, 0.3) is 11.3 Å². The minimum Gasteiger partial charge on any atom is -0.375 e. The summed E-state index contributed by atoms with van der Waals surface area (Å²) in [6.07, 6.45) is -0.251. The number of amides is 1. The molecule has 0 saturated heterocycles. The second kappa shape index (κ2) is 8.37. The van der Waals surface area contributed by atoms with E-state index in [1.54, 1.807) is 20.1 Å². The minimum absolute atomic E-state index is 0.251. The standard InChI is InChI=1S/C21H21ClN2O3/c1-13-8-4-5-9-15(13)18(26-3)12-23-21(25)19-14(2)27-24-20(19)16-10-6-7-11-17(16)22/h4-11,18H,12H2,1-3H3,(H,23,25). The maximum atomic E-state index is 12.9. The highest BCUT2D eigenvalue weighted by Gasteiger charge is 2.24. The van der Waals surface area contributed by atoms with E-state index in [9.17, 15) is 4.79 Å². The minimum atomic E-state index is -0.278. The molecule has 0 radical (unpaired) electrons. The third kappa shape index (κ3) is 4.04. The molecule has 0 bridgehead atoms. The predicted octanol–water partition coefficient (Wildman–Crippen LogP) is 4.73. The monoisotopic (exact) mass is 384 g/mol. The van der Waals surface area contributed by atoms with Gasteiger partial charge < -0.3 is 14.6 Å². The van der Waals surface area contributed by atoms with Gasteiger partial charge in [-0.15, -0.1) is 0 Å². The van der Waals surface area contributed by atoms with Gasteiger partial charge in [0.1, 0.15) is 17.0 Å². The summed E-state index contributed by atoms with van der Waals surface area (Å²) in [4.78, 5) is 12.9. The van der Waals surface area contributed by atoms with Gasteiger partial charge in [0, 0.05) is 19.2 Å². The molecule has 1 aromatic heterocycles. The van der Waals surface area contributed by atoms with Crippen LogP contribution in [0.15, 0.2) is 53.1 Å². The Morgan fingerprint density at radius 2 is 1.89 bits per heavy atom. The van der Waals surface area contributed by atoms with Gasteiger partial charge in [-0.3, -0.25) is 4.79 Å². The van der Waals surface area contributed by atoms with Crippen molar-refractivity contribution < 1.29 is 14.1 Å². The molecule has 2 aromatic carbocycles. The number of aromatic nitrogens is 1. The highest BCUT2D eigenvalue weighted by Crippen LogP contribution is 2.31. The third-order valence-corrected chi connectivity index (χ3v) is 4.82. The predicted molar refractivity (Wildman–Crippen MR) is 105 cm³/mol. The van der Waals surface area contributed by atoms with Crippen molar-refractivity contribution in [2.75, 3.05) is 13.7 Å². The van der Waals surface area contributed by atoms with Gasteiger partial charge in [0.25, 0.3) is 5.91 Å². The van der Waals surface area contributed by atoms with Crippen molar-refractivity contribution in [1.82, 2.24) is 10.5 Å². The van der Waals surface area contributed by atoms with Crippen molar-refractivity contribution in [3.05, 3.63) is 76.0 Å². The van der Waals surface area contributed by atoms with Gasteiger partial charge in [0.05, 0.1) is 11.1 Å². The fourth-order valence-electron chi connectivity index (χ4n) is 3.02. The van der Waals surface area contributed by atoms with Gasteiger partial charge in [-0.2, -0.15) is 0 Å². The zero-order chi connectivity index (χ0) is 19.4. The molecule has 1 amide bonds. The molecule has 0 aliphatic rings. The van der Waals surface area contributed by atoms with Gasteiger partial charge in [-0.05, 0) is 31.0 Å². The number of carbonyl (C=O) groups is 1. The molecular formula is C21H21ClN2O3. The van der Waals surface area contributed by atoms with Crippen LogP contribution in [0.3, 0.4) is 0 Å². The van der Waals surface area contributed by atoms with Crippen LogP contribution >= 0.6 is 11.6 Å². The average Bonchev–Trinajstić information content (AvgIpc) is 3.05. The Balaban J connectivity index is 1.82. The summed E-state index contributed by atoms with van der Waals surface area (Å²) in [5, 5.41) is 7.47. The lowest BCUT2D eigenvalue weighted by atomic mass is 10.0. The summed E-state index contributed by atoms with van der Waals surface area (Å²) < 4.78 is 10.8.